The highest BCUT2D eigenvalue weighted by Crippen LogP contribution is 2.30. The number of ether oxygens (including phenoxy) is 1. The first-order valence-electron chi connectivity index (χ1n) is 9.67. The number of hydrogen-bond acceptors (Lipinski definition) is 5. The van der Waals surface area contributed by atoms with Gasteiger partial charge in [-0.25, -0.2) is 0 Å². The lowest BCUT2D eigenvalue weighted by Crippen LogP contribution is -2.14. The number of carbonyl (C=O) groups excluding carboxylic acids is 1. The lowest BCUT2D eigenvalue weighted by atomic mass is 10.2. The molecule has 168 valence electrons. The van der Waals surface area contributed by atoms with Gasteiger partial charge in [-0.1, -0.05) is 58.7 Å². The average molecular weight is 520 g/mol. The van der Waals surface area contributed by atoms with E-state index in [2.05, 4.69) is 15.5 Å². The van der Waals surface area contributed by atoms with E-state index in [9.17, 15) is 4.79 Å². The number of nitrogens with zero attached hydrogens (tertiary/aromatic N) is 3. The number of methoxy groups -OCH3 is 1. The Bertz CT molecular complexity index is 1280. The molecule has 0 fully saturated rings. The first kappa shape index (κ1) is 23.4. The van der Waals surface area contributed by atoms with E-state index in [-0.39, 0.29) is 11.7 Å². The van der Waals surface area contributed by atoms with E-state index in [0.29, 0.717) is 37.5 Å². The molecule has 4 aromatic rings. The minimum atomic E-state index is -0.230. The van der Waals surface area contributed by atoms with Crippen molar-refractivity contribution in [3.05, 3.63) is 81.8 Å². The number of hydrogen-bond donors (Lipinski definition) is 1. The number of nitrogens with one attached hydrogen (secondary N) is 1. The number of benzene rings is 3. The van der Waals surface area contributed by atoms with Crippen LogP contribution in [0.4, 0.5) is 5.69 Å². The second kappa shape index (κ2) is 10.5. The van der Waals surface area contributed by atoms with Crippen LogP contribution in [0.2, 0.25) is 15.1 Å². The summed E-state index contributed by atoms with van der Waals surface area (Å²) in [6, 6.07) is 19.7. The third-order valence-electron chi connectivity index (χ3n) is 4.52. The molecule has 1 aromatic heterocycles. The molecule has 1 amide bonds. The molecular weight excluding hydrogens is 503 g/mol. The van der Waals surface area contributed by atoms with Crippen molar-refractivity contribution in [2.24, 2.45) is 0 Å². The Morgan fingerprint density at radius 3 is 2.39 bits per heavy atom. The minimum absolute atomic E-state index is 0.105. The summed E-state index contributed by atoms with van der Waals surface area (Å²) in [5, 5.41) is 13.6. The van der Waals surface area contributed by atoms with Crippen LogP contribution in [-0.2, 0) is 4.79 Å². The van der Waals surface area contributed by atoms with Crippen molar-refractivity contribution in [2.75, 3.05) is 18.2 Å². The van der Waals surface area contributed by atoms with Crippen molar-refractivity contribution >= 4 is 58.2 Å². The molecule has 0 unspecified atom stereocenters. The maximum Gasteiger partial charge on any atom is 0.234 e. The number of thioether (sulfide) groups is 1. The normalized spacial score (nSPS) is 10.8. The summed E-state index contributed by atoms with van der Waals surface area (Å²) < 4.78 is 7.22. The standard InChI is InChI=1S/C23H17Cl3N4O2S/c1-32-20-4-2-3-14(9-20)22-28-29-23(30(22)19-7-5-15(24)6-8-19)33-13-21(31)27-18-11-16(25)10-17(26)12-18/h2-12H,13H2,1H3,(H,27,31). The number of amides is 1. The Hall–Kier alpha value is -2.71. The van der Waals surface area contributed by atoms with Gasteiger partial charge in [0.15, 0.2) is 11.0 Å². The van der Waals surface area contributed by atoms with E-state index >= 15 is 0 Å². The summed E-state index contributed by atoms with van der Waals surface area (Å²) in [6.45, 7) is 0. The Balaban J connectivity index is 1.61. The van der Waals surface area contributed by atoms with E-state index in [1.54, 1.807) is 37.4 Å². The zero-order valence-corrected chi connectivity index (χ0v) is 20.3. The second-order valence-electron chi connectivity index (χ2n) is 6.84. The third-order valence-corrected chi connectivity index (χ3v) is 6.14. The Morgan fingerprint density at radius 2 is 1.70 bits per heavy atom. The van der Waals surface area contributed by atoms with Gasteiger partial charge in [-0.05, 0) is 54.6 Å². The molecule has 0 atom stereocenters. The molecule has 33 heavy (non-hydrogen) atoms. The van der Waals surface area contributed by atoms with Gasteiger partial charge >= 0.3 is 0 Å². The van der Waals surface area contributed by atoms with Crippen LogP contribution < -0.4 is 10.1 Å². The van der Waals surface area contributed by atoms with E-state index < -0.39 is 0 Å². The van der Waals surface area contributed by atoms with Crippen molar-refractivity contribution in [1.82, 2.24) is 14.8 Å². The van der Waals surface area contributed by atoms with E-state index in [1.807, 2.05) is 41.0 Å². The molecule has 0 saturated carbocycles. The molecule has 0 aliphatic rings. The first-order valence-corrected chi connectivity index (χ1v) is 11.8. The van der Waals surface area contributed by atoms with Gasteiger partial charge in [0, 0.05) is 32.0 Å². The van der Waals surface area contributed by atoms with Crippen LogP contribution in [0.5, 0.6) is 5.75 Å². The van der Waals surface area contributed by atoms with E-state index in [1.165, 1.54) is 11.8 Å². The summed E-state index contributed by atoms with van der Waals surface area (Å²) >= 11 is 19.3. The average Bonchev–Trinajstić information content (AvgIpc) is 3.21. The van der Waals surface area contributed by atoms with E-state index in [0.717, 1.165) is 11.3 Å². The predicted octanol–water partition coefficient (Wildman–Crippen LogP) is 6.63. The Morgan fingerprint density at radius 1 is 0.970 bits per heavy atom. The molecular formula is C23H17Cl3N4O2S. The van der Waals surface area contributed by atoms with E-state index in [4.69, 9.17) is 39.5 Å². The molecule has 3 aromatic carbocycles. The van der Waals surface area contributed by atoms with Gasteiger partial charge in [0.2, 0.25) is 5.91 Å². The smallest absolute Gasteiger partial charge is 0.234 e. The van der Waals surface area contributed by atoms with Crippen LogP contribution in [0.15, 0.2) is 71.9 Å². The number of halogens is 3. The van der Waals surface area contributed by atoms with Crippen molar-refractivity contribution < 1.29 is 9.53 Å². The van der Waals surface area contributed by atoms with Crippen molar-refractivity contribution in [3.63, 3.8) is 0 Å². The zero-order valence-electron chi connectivity index (χ0n) is 17.3. The fourth-order valence-electron chi connectivity index (χ4n) is 3.09. The molecule has 0 bridgehead atoms. The maximum atomic E-state index is 12.6. The van der Waals surface area contributed by atoms with Crippen LogP contribution >= 0.6 is 46.6 Å². The van der Waals surface area contributed by atoms with Crippen LogP contribution in [0.1, 0.15) is 0 Å². The number of rotatable bonds is 7. The highest BCUT2D eigenvalue weighted by Gasteiger charge is 2.18. The third kappa shape index (κ3) is 5.81. The first-order chi connectivity index (χ1) is 15.9. The zero-order chi connectivity index (χ0) is 23.4. The Labute approximate surface area is 209 Å². The molecule has 0 saturated heterocycles. The molecule has 10 heteroatoms. The summed E-state index contributed by atoms with van der Waals surface area (Å²) in [7, 11) is 1.61. The molecule has 0 spiro atoms. The number of carbonyl (C=O) groups is 1. The monoisotopic (exact) mass is 518 g/mol. The van der Waals surface area contributed by atoms with Gasteiger partial charge in [0.25, 0.3) is 0 Å². The molecule has 1 N–H and O–H groups in total. The largest absolute Gasteiger partial charge is 0.497 e. The van der Waals surface area contributed by atoms with Gasteiger partial charge in [0.05, 0.1) is 12.9 Å². The lowest BCUT2D eigenvalue weighted by Gasteiger charge is -2.11. The van der Waals surface area contributed by atoms with Crippen molar-refractivity contribution in [1.29, 1.82) is 0 Å². The fraction of sp³-hybridized carbons (Fsp3) is 0.0870. The van der Waals surface area contributed by atoms with Crippen LogP contribution in [0.3, 0.4) is 0 Å². The van der Waals surface area contributed by atoms with Crippen molar-refractivity contribution in [2.45, 2.75) is 5.16 Å². The van der Waals surface area contributed by atoms with Crippen LogP contribution in [0.25, 0.3) is 17.1 Å². The molecule has 4 rings (SSSR count). The van der Waals surface area contributed by atoms with Crippen LogP contribution in [-0.4, -0.2) is 33.5 Å². The van der Waals surface area contributed by atoms with Gasteiger partial charge < -0.3 is 10.1 Å². The maximum absolute atomic E-state index is 12.6. The van der Waals surface area contributed by atoms with Gasteiger partial charge in [-0.2, -0.15) is 0 Å². The van der Waals surface area contributed by atoms with Crippen LogP contribution in [0, 0.1) is 0 Å². The Kier molecular flexibility index (Phi) is 7.45. The quantitative estimate of drug-likeness (QED) is 0.277. The van der Waals surface area contributed by atoms with Gasteiger partial charge in [0.1, 0.15) is 5.75 Å². The summed E-state index contributed by atoms with van der Waals surface area (Å²) in [6.07, 6.45) is 0. The summed E-state index contributed by atoms with van der Waals surface area (Å²) in [5.74, 6) is 1.19. The molecule has 0 aliphatic heterocycles. The topological polar surface area (TPSA) is 69.0 Å². The number of aromatic nitrogens is 3. The van der Waals surface area contributed by atoms with Gasteiger partial charge in [-0.3, -0.25) is 9.36 Å². The second-order valence-corrected chi connectivity index (χ2v) is 9.10. The molecule has 1 heterocycles. The highest BCUT2D eigenvalue weighted by molar-refractivity contribution is 7.99. The fourth-order valence-corrected chi connectivity index (χ4v) is 4.49. The lowest BCUT2D eigenvalue weighted by molar-refractivity contribution is -0.113. The summed E-state index contributed by atoms with van der Waals surface area (Å²) in [5.41, 5.74) is 2.16. The van der Waals surface area contributed by atoms with Gasteiger partial charge in [-0.15, -0.1) is 10.2 Å². The molecule has 6 nitrogen and oxygen atoms in total. The predicted molar refractivity (Wildman–Crippen MR) is 134 cm³/mol. The van der Waals surface area contributed by atoms with Crippen molar-refractivity contribution in [3.8, 4) is 22.8 Å². The minimum Gasteiger partial charge on any atom is -0.497 e. The summed E-state index contributed by atoms with van der Waals surface area (Å²) in [4.78, 5) is 12.6. The molecule has 0 radical (unpaired) electrons. The SMILES string of the molecule is COc1cccc(-c2nnc(SCC(=O)Nc3cc(Cl)cc(Cl)c3)n2-c2ccc(Cl)cc2)c1. The molecule has 0 aliphatic carbocycles. The highest BCUT2D eigenvalue weighted by atomic mass is 35.5. The number of anilines is 1.